The Morgan fingerprint density at radius 2 is 1.61 bits per heavy atom. The van der Waals surface area contributed by atoms with Gasteiger partial charge in [-0.1, -0.05) is 25.0 Å². The van der Waals surface area contributed by atoms with Gasteiger partial charge in [0.2, 0.25) is 0 Å². The normalized spacial score (nSPS) is 15.6. The Balaban J connectivity index is 1.45. The van der Waals surface area contributed by atoms with Gasteiger partial charge in [0, 0.05) is 29.6 Å². The van der Waals surface area contributed by atoms with E-state index in [4.69, 9.17) is 4.98 Å². The molecule has 1 heterocycles. The SMILES string of the molecule is Cc1c(C)c(-c2ccc(NCC3CC3)c(F)c2)c(O)c(C)c1-c1ccc(CCC2CC2)nc1. The number of benzene rings is 2. The van der Waals surface area contributed by atoms with Crippen molar-refractivity contribution in [3.63, 3.8) is 0 Å². The number of halogens is 1. The lowest BCUT2D eigenvalue weighted by atomic mass is 9.86. The molecule has 172 valence electrons. The Kier molecular flexibility index (Phi) is 5.86. The highest BCUT2D eigenvalue weighted by molar-refractivity contribution is 5.85. The van der Waals surface area contributed by atoms with Crippen molar-refractivity contribution < 1.29 is 9.50 Å². The minimum absolute atomic E-state index is 0.212. The summed E-state index contributed by atoms with van der Waals surface area (Å²) in [5, 5.41) is 14.4. The van der Waals surface area contributed by atoms with Crippen molar-refractivity contribution >= 4 is 5.69 Å². The summed E-state index contributed by atoms with van der Waals surface area (Å²) in [4.78, 5) is 4.69. The summed E-state index contributed by atoms with van der Waals surface area (Å²) < 4.78 is 14.8. The summed E-state index contributed by atoms with van der Waals surface area (Å²) >= 11 is 0. The Morgan fingerprint density at radius 1 is 0.909 bits per heavy atom. The fraction of sp³-hybridized carbons (Fsp3) is 0.414. The van der Waals surface area contributed by atoms with Crippen LogP contribution >= 0.6 is 0 Å². The highest BCUT2D eigenvalue weighted by Gasteiger charge is 2.23. The summed E-state index contributed by atoms with van der Waals surface area (Å²) in [6.45, 7) is 6.83. The van der Waals surface area contributed by atoms with Crippen LogP contribution in [0.15, 0.2) is 36.5 Å². The second-order valence-corrected chi connectivity index (χ2v) is 10.0. The summed E-state index contributed by atoms with van der Waals surface area (Å²) in [5.41, 5.74) is 7.94. The van der Waals surface area contributed by atoms with Crippen molar-refractivity contribution in [3.05, 3.63) is 64.7 Å². The maximum Gasteiger partial charge on any atom is 0.146 e. The van der Waals surface area contributed by atoms with E-state index >= 15 is 0 Å². The zero-order chi connectivity index (χ0) is 23.1. The van der Waals surface area contributed by atoms with Gasteiger partial charge in [0.25, 0.3) is 0 Å². The second kappa shape index (κ2) is 8.81. The number of pyridine rings is 1. The van der Waals surface area contributed by atoms with Crippen LogP contribution in [0.2, 0.25) is 0 Å². The number of phenols is 1. The fourth-order valence-electron chi connectivity index (χ4n) is 4.80. The minimum atomic E-state index is -0.280. The molecule has 33 heavy (non-hydrogen) atoms. The second-order valence-electron chi connectivity index (χ2n) is 10.0. The first-order valence-corrected chi connectivity index (χ1v) is 12.2. The molecule has 4 heteroatoms. The molecular weight excluding hydrogens is 411 g/mol. The lowest BCUT2D eigenvalue weighted by Crippen LogP contribution is -2.05. The highest BCUT2D eigenvalue weighted by Crippen LogP contribution is 2.44. The molecule has 0 aliphatic heterocycles. The molecule has 0 spiro atoms. The molecule has 0 unspecified atom stereocenters. The molecule has 2 aliphatic rings. The molecule has 0 amide bonds. The van der Waals surface area contributed by atoms with Crippen LogP contribution in [0.5, 0.6) is 5.75 Å². The summed E-state index contributed by atoms with van der Waals surface area (Å²) in [6, 6.07) is 9.44. The van der Waals surface area contributed by atoms with Crippen LogP contribution in [0, 0.1) is 38.4 Å². The van der Waals surface area contributed by atoms with Crippen molar-refractivity contribution in [3.8, 4) is 28.0 Å². The first-order chi connectivity index (χ1) is 15.9. The highest BCUT2D eigenvalue weighted by atomic mass is 19.1. The summed E-state index contributed by atoms with van der Waals surface area (Å²) in [5.74, 6) is 1.51. The monoisotopic (exact) mass is 444 g/mol. The van der Waals surface area contributed by atoms with E-state index in [-0.39, 0.29) is 11.6 Å². The van der Waals surface area contributed by atoms with E-state index in [1.165, 1.54) is 38.2 Å². The molecule has 1 aromatic heterocycles. The van der Waals surface area contributed by atoms with Crippen molar-refractivity contribution in [1.29, 1.82) is 0 Å². The molecule has 2 fully saturated rings. The third-order valence-corrected chi connectivity index (χ3v) is 7.43. The Bertz CT molecular complexity index is 1150. The number of aromatic hydroxyl groups is 1. The Morgan fingerprint density at radius 3 is 2.24 bits per heavy atom. The molecule has 3 aromatic rings. The first-order valence-electron chi connectivity index (χ1n) is 12.2. The molecule has 3 nitrogen and oxygen atoms in total. The molecule has 2 saturated carbocycles. The van der Waals surface area contributed by atoms with E-state index in [0.29, 0.717) is 22.7 Å². The lowest BCUT2D eigenvalue weighted by Gasteiger charge is -2.20. The number of phenolic OH excluding ortho intramolecular Hbond substituents is 1. The van der Waals surface area contributed by atoms with E-state index in [0.717, 1.165) is 52.4 Å². The molecule has 0 radical (unpaired) electrons. The van der Waals surface area contributed by atoms with Crippen molar-refractivity contribution in [2.24, 2.45) is 11.8 Å². The molecule has 0 saturated heterocycles. The number of aromatic nitrogens is 1. The van der Waals surface area contributed by atoms with Crippen LogP contribution in [0.3, 0.4) is 0 Å². The molecule has 0 bridgehead atoms. The molecule has 0 atom stereocenters. The predicted octanol–water partition coefficient (Wildman–Crippen LogP) is 7.35. The number of aryl methyl sites for hydroxylation is 1. The fourth-order valence-corrected chi connectivity index (χ4v) is 4.80. The molecule has 2 N–H and O–H groups in total. The number of hydrogen-bond donors (Lipinski definition) is 2. The van der Waals surface area contributed by atoms with E-state index in [9.17, 15) is 9.50 Å². The Labute approximate surface area is 196 Å². The summed E-state index contributed by atoms with van der Waals surface area (Å²) in [6.07, 6.45) is 9.37. The summed E-state index contributed by atoms with van der Waals surface area (Å²) in [7, 11) is 0. The molecule has 5 rings (SSSR count). The minimum Gasteiger partial charge on any atom is -0.507 e. The molecule has 2 aromatic carbocycles. The number of anilines is 1. The largest absolute Gasteiger partial charge is 0.507 e. The third kappa shape index (κ3) is 4.62. The number of nitrogens with one attached hydrogen (secondary N) is 1. The van der Waals surface area contributed by atoms with Gasteiger partial charge >= 0.3 is 0 Å². The topological polar surface area (TPSA) is 45.1 Å². The van der Waals surface area contributed by atoms with Crippen molar-refractivity contribution in [1.82, 2.24) is 4.98 Å². The van der Waals surface area contributed by atoms with Crippen molar-refractivity contribution in [2.75, 3.05) is 11.9 Å². The Hall–Kier alpha value is -2.88. The van der Waals surface area contributed by atoms with Crippen molar-refractivity contribution in [2.45, 2.75) is 59.3 Å². The average Bonchev–Trinajstić information content (AvgIpc) is 3.72. The predicted molar refractivity (Wildman–Crippen MR) is 133 cm³/mol. The van der Waals surface area contributed by atoms with Gasteiger partial charge in [0.05, 0.1) is 5.69 Å². The van der Waals surface area contributed by atoms with Gasteiger partial charge < -0.3 is 10.4 Å². The number of rotatable bonds is 8. The van der Waals surface area contributed by atoms with E-state index in [2.05, 4.69) is 24.4 Å². The average molecular weight is 445 g/mol. The maximum absolute atomic E-state index is 14.8. The molecule has 2 aliphatic carbocycles. The van der Waals surface area contributed by atoms with Gasteiger partial charge in [-0.15, -0.1) is 0 Å². The van der Waals surface area contributed by atoms with E-state index in [1.54, 1.807) is 6.07 Å². The van der Waals surface area contributed by atoms with Crippen LogP contribution in [0.25, 0.3) is 22.3 Å². The van der Waals surface area contributed by atoms with Crippen LogP contribution in [-0.4, -0.2) is 16.6 Å². The van der Waals surface area contributed by atoms with Crippen LogP contribution < -0.4 is 5.32 Å². The van der Waals surface area contributed by atoms with Gasteiger partial charge in [0.1, 0.15) is 11.6 Å². The van der Waals surface area contributed by atoms with Gasteiger partial charge in [-0.25, -0.2) is 4.39 Å². The van der Waals surface area contributed by atoms with Gasteiger partial charge in [-0.05, 0) is 104 Å². The maximum atomic E-state index is 14.8. The van der Waals surface area contributed by atoms with E-state index < -0.39 is 0 Å². The third-order valence-electron chi connectivity index (χ3n) is 7.43. The molecular formula is C29H33FN2O. The van der Waals surface area contributed by atoms with Gasteiger partial charge in [-0.3, -0.25) is 4.98 Å². The van der Waals surface area contributed by atoms with Crippen LogP contribution in [0.4, 0.5) is 10.1 Å². The standard InChI is InChI=1S/C29H33FN2O/c1-17-18(2)28(22-10-13-26(25(30)14-22)32-15-21-6-7-21)29(33)19(3)27(17)23-9-12-24(31-16-23)11-8-20-4-5-20/h9-10,12-14,16,20-21,32-33H,4-8,11,15H2,1-3H3. The van der Waals surface area contributed by atoms with Gasteiger partial charge in [-0.2, -0.15) is 0 Å². The number of nitrogens with zero attached hydrogens (tertiary/aromatic N) is 1. The number of hydrogen-bond acceptors (Lipinski definition) is 3. The first kappa shape index (κ1) is 21.9. The van der Waals surface area contributed by atoms with Crippen LogP contribution in [0.1, 0.15) is 54.5 Å². The smallest absolute Gasteiger partial charge is 0.146 e. The quantitative estimate of drug-likeness (QED) is 0.382. The lowest BCUT2D eigenvalue weighted by molar-refractivity contribution is 0.473. The van der Waals surface area contributed by atoms with Crippen LogP contribution in [-0.2, 0) is 6.42 Å². The zero-order valence-corrected chi connectivity index (χ0v) is 19.8. The van der Waals surface area contributed by atoms with E-state index in [1.807, 2.05) is 26.1 Å². The van der Waals surface area contributed by atoms with Gasteiger partial charge in [0.15, 0.2) is 0 Å². The zero-order valence-electron chi connectivity index (χ0n) is 19.8.